The van der Waals surface area contributed by atoms with E-state index in [0.717, 1.165) is 12.1 Å². The molecule has 0 aliphatic carbocycles. The van der Waals surface area contributed by atoms with Crippen LogP contribution in [0.25, 0.3) is 0 Å². The fraction of sp³-hybridized carbons (Fsp3) is 0.0769. The van der Waals surface area contributed by atoms with Crippen LogP contribution in [0.2, 0.25) is 5.02 Å². The molecule has 2 rings (SSSR count). The number of ether oxygens (including phenoxy) is 1. The standard InChI is InChI=1S/C13H12ClFN2O3S/c1-20-12-7-9(3-4-10(12)14)17-21(18,19)13-5-2-8(16)6-11(13)15/h2-7,17H,16H2,1H3. The van der Waals surface area contributed by atoms with E-state index in [1.165, 1.54) is 31.4 Å². The monoisotopic (exact) mass is 330 g/mol. The second-order valence-electron chi connectivity index (χ2n) is 4.14. The molecule has 0 aromatic heterocycles. The molecule has 0 fully saturated rings. The van der Waals surface area contributed by atoms with Gasteiger partial charge in [-0.05, 0) is 30.3 Å². The summed E-state index contributed by atoms with van der Waals surface area (Å²) in [4.78, 5) is -0.495. The summed E-state index contributed by atoms with van der Waals surface area (Å²) >= 11 is 5.85. The Kier molecular flexibility index (Phi) is 4.24. The Hall–Kier alpha value is -1.99. The predicted octanol–water partition coefficient (Wildman–Crippen LogP) is 2.87. The lowest BCUT2D eigenvalue weighted by atomic mass is 10.3. The van der Waals surface area contributed by atoms with E-state index in [1.54, 1.807) is 0 Å². The van der Waals surface area contributed by atoms with Crippen molar-refractivity contribution in [3.8, 4) is 5.75 Å². The second-order valence-corrected chi connectivity index (χ2v) is 6.20. The quantitative estimate of drug-likeness (QED) is 0.845. The Morgan fingerprint density at radius 3 is 2.57 bits per heavy atom. The van der Waals surface area contributed by atoms with Crippen molar-refractivity contribution in [2.24, 2.45) is 0 Å². The zero-order valence-electron chi connectivity index (χ0n) is 10.9. The van der Waals surface area contributed by atoms with Crippen molar-refractivity contribution in [2.75, 3.05) is 17.6 Å². The molecular weight excluding hydrogens is 319 g/mol. The summed E-state index contributed by atoms with van der Waals surface area (Å²) in [7, 11) is -2.68. The Morgan fingerprint density at radius 1 is 1.24 bits per heavy atom. The number of anilines is 2. The first kappa shape index (κ1) is 15.4. The van der Waals surface area contributed by atoms with Crippen molar-refractivity contribution in [3.05, 3.63) is 47.2 Å². The van der Waals surface area contributed by atoms with E-state index in [1.807, 2.05) is 0 Å². The molecule has 0 aliphatic rings. The Bertz CT molecular complexity index is 781. The maximum atomic E-state index is 13.7. The highest BCUT2D eigenvalue weighted by atomic mass is 35.5. The smallest absolute Gasteiger partial charge is 0.264 e. The van der Waals surface area contributed by atoms with E-state index in [9.17, 15) is 12.8 Å². The maximum Gasteiger partial charge on any atom is 0.264 e. The van der Waals surface area contributed by atoms with E-state index in [0.29, 0.717) is 10.8 Å². The molecule has 0 saturated heterocycles. The van der Waals surface area contributed by atoms with Crippen molar-refractivity contribution < 1.29 is 17.5 Å². The molecule has 3 N–H and O–H groups in total. The molecule has 112 valence electrons. The highest BCUT2D eigenvalue weighted by Crippen LogP contribution is 2.29. The normalized spacial score (nSPS) is 11.2. The molecule has 0 heterocycles. The summed E-state index contributed by atoms with van der Waals surface area (Å²) in [5.41, 5.74) is 5.73. The van der Waals surface area contributed by atoms with E-state index in [-0.39, 0.29) is 11.4 Å². The molecule has 0 atom stereocenters. The minimum atomic E-state index is -4.08. The molecule has 5 nitrogen and oxygen atoms in total. The molecular formula is C13H12ClFN2O3S. The van der Waals surface area contributed by atoms with Crippen molar-refractivity contribution in [1.29, 1.82) is 0 Å². The van der Waals surface area contributed by atoms with Crippen LogP contribution in [-0.4, -0.2) is 15.5 Å². The van der Waals surface area contributed by atoms with Crippen LogP contribution in [0.1, 0.15) is 0 Å². The third-order valence-electron chi connectivity index (χ3n) is 2.65. The van der Waals surface area contributed by atoms with Crippen LogP contribution < -0.4 is 15.2 Å². The van der Waals surface area contributed by atoms with Crippen molar-refractivity contribution >= 4 is 33.0 Å². The fourth-order valence-electron chi connectivity index (χ4n) is 1.67. The zero-order chi connectivity index (χ0) is 15.6. The lowest BCUT2D eigenvalue weighted by Gasteiger charge is -2.11. The molecule has 0 amide bonds. The third-order valence-corrected chi connectivity index (χ3v) is 4.38. The van der Waals surface area contributed by atoms with E-state index in [2.05, 4.69) is 4.72 Å². The molecule has 0 bridgehead atoms. The fourth-order valence-corrected chi connectivity index (χ4v) is 2.97. The molecule has 0 unspecified atom stereocenters. The first-order chi connectivity index (χ1) is 9.83. The number of rotatable bonds is 4. The average Bonchev–Trinajstić information content (AvgIpc) is 2.40. The van der Waals surface area contributed by atoms with Crippen LogP contribution in [-0.2, 0) is 10.0 Å². The van der Waals surface area contributed by atoms with E-state index >= 15 is 0 Å². The highest BCUT2D eigenvalue weighted by molar-refractivity contribution is 7.92. The average molecular weight is 331 g/mol. The Morgan fingerprint density at radius 2 is 1.95 bits per heavy atom. The summed E-state index contributed by atoms with van der Waals surface area (Å²) < 4.78 is 45.3. The van der Waals surface area contributed by atoms with Gasteiger partial charge in [-0.25, -0.2) is 12.8 Å². The lowest BCUT2D eigenvalue weighted by Crippen LogP contribution is -2.14. The third kappa shape index (κ3) is 3.37. The largest absolute Gasteiger partial charge is 0.495 e. The van der Waals surface area contributed by atoms with Gasteiger partial charge < -0.3 is 10.5 Å². The Labute approximate surface area is 126 Å². The summed E-state index contributed by atoms with van der Waals surface area (Å²) in [6.45, 7) is 0. The lowest BCUT2D eigenvalue weighted by molar-refractivity contribution is 0.415. The van der Waals surface area contributed by atoms with Crippen LogP contribution in [0.15, 0.2) is 41.3 Å². The molecule has 0 spiro atoms. The zero-order valence-corrected chi connectivity index (χ0v) is 12.5. The van der Waals surface area contributed by atoms with Gasteiger partial charge in [0, 0.05) is 11.8 Å². The SMILES string of the molecule is COc1cc(NS(=O)(=O)c2ccc(N)cc2F)ccc1Cl. The van der Waals surface area contributed by atoms with Gasteiger partial charge in [-0.1, -0.05) is 11.6 Å². The summed E-state index contributed by atoms with van der Waals surface area (Å²) in [6.07, 6.45) is 0. The summed E-state index contributed by atoms with van der Waals surface area (Å²) in [6, 6.07) is 7.65. The van der Waals surface area contributed by atoms with Gasteiger partial charge in [0.05, 0.1) is 17.8 Å². The van der Waals surface area contributed by atoms with Crippen LogP contribution >= 0.6 is 11.6 Å². The van der Waals surface area contributed by atoms with Gasteiger partial charge in [-0.15, -0.1) is 0 Å². The number of nitrogens with two attached hydrogens (primary N) is 1. The molecule has 8 heteroatoms. The molecule has 21 heavy (non-hydrogen) atoms. The van der Waals surface area contributed by atoms with Crippen molar-refractivity contribution in [3.63, 3.8) is 0 Å². The number of benzene rings is 2. The number of hydrogen-bond acceptors (Lipinski definition) is 4. The van der Waals surface area contributed by atoms with Crippen molar-refractivity contribution in [2.45, 2.75) is 4.90 Å². The van der Waals surface area contributed by atoms with Crippen LogP contribution in [0.5, 0.6) is 5.75 Å². The minimum absolute atomic E-state index is 0.139. The summed E-state index contributed by atoms with van der Waals surface area (Å²) in [5, 5.41) is 0.333. The van der Waals surface area contributed by atoms with Crippen LogP contribution in [0.3, 0.4) is 0 Å². The van der Waals surface area contributed by atoms with Gasteiger partial charge in [0.25, 0.3) is 10.0 Å². The summed E-state index contributed by atoms with van der Waals surface area (Å²) in [5.74, 6) is -0.627. The topological polar surface area (TPSA) is 81.4 Å². The van der Waals surface area contributed by atoms with Gasteiger partial charge in [0.2, 0.25) is 0 Å². The van der Waals surface area contributed by atoms with Gasteiger partial charge in [0.15, 0.2) is 0 Å². The number of methoxy groups -OCH3 is 1. The Balaban J connectivity index is 2.37. The minimum Gasteiger partial charge on any atom is -0.495 e. The number of nitrogens with one attached hydrogen (secondary N) is 1. The first-order valence-electron chi connectivity index (χ1n) is 5.75. The number of halogens is 2. The van der Waals surface area contributed by atoms with Gasteiger partial charge in [0.1, 0.15) is 16.5 Å². The molecule has 0 radical (unpaired) electrons. The predicted molar refractivity (Wildman–Crippen MR) is 79.6 cm³/mol. The van der Waals surface area contributed by atoms with Gasteiger partial charge in [-0.3, -0.25) is 4.72 Å². The van der Waals surface area contributed by atoms with E-state index < -0.39 is 20.7 Å². The number of hydrogen-bond donors (Lipinski definition) is 2. The molecule has 0 aliphatic heterocycles. The number of nitrogen functional groups attached to an aromatic ring is 1. The first-order valence-corrected chi connectivity index (χ1v) is 7.61. The van der Waals surface area contributed by atoms with E-state index in [4.69, 9.17) is 22.1 Å². The van der Waals surface area contributed by atoms with Crippen LogP contribution in [0.4, 0.5) is 15.8 Å². The highest BCUT2D eigenvalue weighted by Gasteiger charge is 2.19. The molecule has 2 aromatic rings. The molecule has 2 aromatic carbocycles. The van der Waals surface area contributed by atoms with Gasteiger partial charge >= 0.3 is 0 Å². The van der Waals surface area contributed by atoms with Gasteiger partial charge in [-0.2, -0.15) is 0 Å². The maximum absolute atomic E-state index is 13.7. The number of sulfonamides is 1. The van der Waals surface area contributed by atoms with Crippen molar-refractivity contribution in [1.82, 2.24) is 0 Å². The van der Waals surface area contributed by atoms with Crippen LogP contribution in [0, 0.1) is 5.82 Å². The molecule has 0 saturated carbocycles. The second kappa shape index (κ2) is 5.79.